The molecule has 2 atom stereocenters. The maximum Gasteiger partial charge on any atom is 0.417 e. The topological polar surface area (TPSA) is 72.9 Å². The standard InChI is InChI=1S/C12H11NO5/c1-17-12(16)13-9(8-5-3-2-4-6-8)10(11(13)15)18-7-14/h2-7,9-10H,1H3/t9-,10+/m0/s1. The number of imide groups is 1. The molecule has 1 saturated heterocycles. The Kier molecular flexibility index (Phi) is 3.27. The number of carbonyl (C=O) groups is 3. The molecule has 0 aliphatic carbocycles. The smallest absolute Gasteiger partial charge is 0.417 e. The van der Waals surface area contributed by atoms with Crippen LogP contribution in [0.1, 0.15) is 11.6 Å². The van der Waals surface area contributed by atoms with E-state index in [1.165, 1.54) is 7.11 Å². The highest BCUT2D eigenvalue weighted by Gasteiger charge is 2.54. The molecule has 1 heterocycles. The molecule has 0 aromatic heterocycles. The summed E-state index contributed by atoms with van der Waals surface area (Å²) in [5, 5.41) is 0. The van der Waals surface area contributed by atoms with Crippen molar-refractivity contribution in [2.75, 3.05) is 7.11 Å². The van der Waals surface area contributed by atoms with E-state index in [4.69, 9.17) is 4.74 Å². The fourth-order valence-corrected chi connectivity index (χ4v) is 1.93. The molecule has 0 unspecified atom stereocenters. The lowest BCUT2D eigenvalue weighted by atomic mass is 9.91. The van der Waals surface area contributed by atoms with Crippen molar-refractivity contribution in [1.29, 1.82) is 0 Å². The molecule has 6 nitrogen and oxygen atoms in total. The van der Waals surface area contributed by atoms with Crippen LogP contribution < -0.4 is 0 Å². The van der Waals surface area contributed by atoms with Gasteiger partial charge in [0, 0.05) is 0 Å². The minimum absolute atomic E-state index is 0.202. The largest absolute Gasteiger partial charge is 0.452 e. The van der Waals surface area contributed by atoms with Crippen molar-refractivity contribution in [1.82, 2.24) is 4.90 Å². The number of methoxy groups -OCH3 is 1. The van der Waals surface area contributed by atoms with E-state index in [2.05, 4.69) is 4.74 Å². The second-order valence-electron chi connectivity index (χ2n) is 3.69. The molecule has 18 heavy (non-hydrogen) atoms. The van der Waals surface area contributed by atoms with Crippen molar-refractivity contribution in [2.45, 2.75) is 12.1 Å². The van der Waals surface area contributed by atoms with Crippen LogP contribution in [0, 0.1) is 0 Å². The van der Waals surface area contributed by atoms with Crippen molar-refractivity contribution < 1.29 is 23.9 Å². The van der Waals surface area contributed by atoms with Crippen LogP contribution in [0.3, 0.4) is 0 Å². The second-order valence-corrected chi connectivity index (χ2v) is 3.69. The zero-order valence-electron chi connectivity index (χ0n) is 9.61. The first-order chi connectivity index (χ1) is 8.70. The fourth-order valence-electron chi connectivity index (χ4n) is 1.93. The molecule has 1 aliphatic rings. The summed E-state index contributed by atoms with van der Waals surface area (Å²) in [6.45, 7) is 0.202. The van der Waals surface area contributed by atoms with Gasteiger partial charge in [-0.15, -0.1) is 0 Å². The molecule has 94 valence electrons. The van der Waals surface area contributed by atoms with Crippen molar-refractivity contribution in [3.63, 3.8) is 0 Å². The van der Waals surface area contributed by atoms with Crippen LogP contribution in [0.25, 0.3) is 0 Å². The maximum atomic E-state index is 11.7. The van der Waals surface area contributed by atoms with Crippen LogP contribution in [0.5, 0.6) is 0 Å². The summed E-state index contributed by atoms with van der Waals surface area (Å²) in [6.07, 6.45) is -1.73. The van der Waals surface area contributed by atoms with Crippen LogP contribution in [-0.4, -0.2) is 36.6 Å². The van der Waals surface area contributed by atoms with E-state index in [0.717, 1.165) is 4.90 Å². The summed E-state index contributed by atoms with van der Waals surface area (Å²) in [5.74, 6) is -0.581. The van der Waals surface area contributed by atoms with Crippen LogP contribution in [-0.2, 0) is 19.1 Å². The number of likely N-dealkylation sites (tertiary alicyclic amines) is 1. The fraction of sp³-hybridized carbons (Fsp3) is 0.250. The van der Waals surface area contributed by atoms with Gasteiger partial charge in [-0.25, -0.2) is 9.69 Å². The van der Waals surface area contributed by atoms with Crippen molar-refractivity contribution in [2.24, 2.45) is 0 Å². The average molecular weight is 249 g/mol. The van der Waals surface area contributed by atoms with Gasteiger partial charge in [0.2, 0.25) is 6.10 Å². The summed E-state index contributed by atoms with van der Waals surface area (Å²) in [5.41, 5.74) is 0.703. The average Bonchev–Trinajstić information content (AvgIpc) is 2.42. The molecule has 6 heteroatoms. The predicted molar refractivity (Wildman–Crippen MR) is 59.4 cm³/mol. The number of benzene rings is 1. The Morgan fingerprint density at radius 2 is 2.00 bits per heavy atom. The molecule has 1 aromatic rings. The Hall–Kier alpha value is -2.37. The number of hydrogen-bond acceptors (Lipinski definition) is 5. The number of amides is 2. The molecule has 0 spiro atoms. The summed E-state index contributed by atoms with van der Waals surface area (Å²) >= 11 is 0. The third-order valence-corrected chi connectivity index (χ3v) is 2.76. The highest BCUT2D eigenvalue weighted by Crippen LogP contribution is 2.37. The van der Waals surface area contributed by atoms with E-state index in [1.807, 2.05) is 6.07 Å². The second kappa shape index (κ2) is 4.87. The summed E-state index contributed by atoms with van der Waals surface area (Å²) < 4.78 is 9.23. The minimum Gasteiger partial charge on any atom is -0.452 e. The minimum atomic E-state index is -0.969. The Morgan fingerprint density at radius 1 is 1.33 bits per heavy atom. The molecule has 2 rings (SSSR count). The molecular weight excluding hydrogens is 238 g/mol. The lowest BCUT2D eigenvalue weighted by Gasteiger charge is -2.42. The highest BCUT2D eigenvalue weighted by atomic mass is 16.6. The van der Waals surface area contributed by atoms with Crippen LogP contribution in [0.4, 0.5) is 4.79 Å². The van der Waals surface area contributed by atoms with Gasteiger partial charge in [0.25, 0.3) is 12.4 Å². The quantitative estimate of drug-likeness (QED) is 0.587. The Bertz CT molecular complexity index is 473. The highest BCUT2D eigenvalue weighted by molar-refractivity contribution is 6.01. The van der Waals surface area contributed by atoms with Gasteiger partial charge in [0.05, 0.1) is 7.11 Å². The van der Waals surface area contributed by atoms with Gasteiger partial charge in [0.15, 0.2) is 0 Å². The Labute approximate surface area is 103 Å². The van der Waals surface area contributed by atoms with Crippen molar-refractivity contribution in [3.05, 3.63) is 35.9 Å². The molecular formula is C12H11NO5. The van der Waals surface area contributed by atoms with E-state index in [-0.39, 0.29) is 6.47 Å². The first-order valence-electron chi connectivity index (χ1n) is 5.25. The Balaban J connectivity index is 2.29. The summed E-state index contributed by atoms with van der Waals surface area (Å²) in [4.78, 5) is 34.5. The van der Waals surface area contributed by atoms with Crippen LogP contribution in [0.2, 0.25) is 0 Å². The van der Waals surface area contributed by atoms with Crippen LogP contribution >= 0.6 is 0 Å². The number of rotatable bonds is 3. The zero-order chi connectivity index (χ0) is 13.1. The van der Waals surface area contributed by atoms with Gasteiger partial charge in [-0.05, 0) is 5.56 Å². The summed E-state index contributed by atoms with van der Waals surface area (Å²) in [7, 11) is 1.19. The zero-order valence-corrected chi connectivity index (χ0v) is 9.61. The lowest BCUT2D eigenvalue weighted by molar-refractivity contribution is -0.173. The predicted octanol–water partition coefficient (Wildman–Crippen LogP) is 0.878. The molecule has 0 N–H and O–H groups in total. The normalized spacial score (nSPS) is 22.1. The van der Waals surface area contributed by atoms with Gasteiger partial charge >= 0.3 is 6.09 Å². The van der Waals surface area contributed by atoms with Gasteiger partial charge < -0.3 is 9.47 Å². The molecule has 0 radical (unpaired) electrons. The number of β-lactam (4-membered cyclic amide) rings is 1. The lowest BCUT2D eigenvalue weighted by Crippen LogP contribution is -2.61. The Morgan fingerprint density at radius 3 is 2.56 bits per heavy atom. The molecule has 0 bridgehead atoms. The van der Waals surface area contributed by atoms with Crippen LogP contribution in [0.15, 0.2) is 30.3 Å². The molecule has 0 saturated carbocycles. The molecule has 1 aliphatic heterocycles. The number of hydrogen-bond donors (Lipinski definition) is 0. The number of carbonyl (C=O) groups excluding carboxylic acids is 3. The molecule has 2 amide bonds. The third kappa shape index (κ3) is 1.81. The van der Waals surface area contributed by atoms with E-state index in [0.29, 0.717) is 5.56 Å². The summed E-state index contributed by atoms with van der Waals surface area (Å²) in [6, 6.07) is 8.21. The third-order valence-electron chi connectivity index (χ3n) is 2.76. The van der Waals surface area contributed by atoms with Crippen molar-refractivity contribution >= 4 is 18.5 Å². The van der Waals surface area contributed by atoms with E-state index in [9.17, 15) is 14.4 Å². The maximum absolute atomic E-state index is 11.7. The van der Waals surface area contributed by atoms with Gasteiger partial charge in [-0.2, -0.15) is 0 Å². The van der Waals surface area contributed by atoms with E-state index >= 15 is 0 Å². The van der Waals surface area contributed by atoms with Gasteiger partial charge in [0.1, 0.15) is 6.04 Å². The first kappa shape index (κ1) is 12.1. The van der Waals surface area contributed by atoms with Gasteiger partial charge in [-0.1, -0.05) is 30.3 Å². The number of ether oxygens (including phenoxy) is 2. The monoisotopic (exact) mass is 249 g/mol. The first-order valence-corrected chi connectivity index (χ1v) is 5.25. The van der Waals surface area contributed by atoms with Gasteiger partial charge in [-0.3, -0.25) is 9.59 Å². The molecule has 1 fully saturated rings. The SMILES string of the molecule is COC(=O)N1C(=O)[C@H](OC=O)[C@@H]1c1ccccc1. The van der Waals surface area contributed by atoms with Crippen molar-refractivity contribution in [3.8, 4) is 0 Å². The van der Waals surface area contributed by atoms with E-state index in [1.54, 1.807) is 24.3 Å². The molecule has 1 aromatic carbocycles. The van der Waals surface area contributed by atoms with E-state index < -0.39 is 24.1 Å². The number of nitrogens with zero attached hydrogens (tertiary/aromatic N) is 1.